The summed E-state index contributed by atoms with van der Waals surface area (Å²) in [5.41, 5.74) is 2.24. The first-order valence-electron chi connectivity index (χ1n) is 8.46. The van der Waals surface area contributed by atoms with Crippen molar-refractivity contribution in [2.45, 2.75) is 43.3 Å². The Bertz CT molecular complexity index is 610. The van der Waals surface area contributed by atoms with Crippen molar-refractivity contribution in [3.8, 4) is 5.75 Å². The van der Waals surface area contributed by atoms with Crippen molar-refractivity contribution >= 4 is 12.6 Å². The van der Waals surface area contributed by atoms with Crippen molar-refractivity contribution in [3.05, 3.63) is 60.2 Å². The molecule has 2 N–H and O–H groups in total. The molecule has 2 atom stereocenters. The third-order valence-electron chi connectivity index (χ3n) is 4.29. The zero-order chi connectivity index (χ0) is 17.4. The molecule has 1 aliphatic heterocycles. The first-order chi connectivity index (χ1) is 11.7. The van der Waals surface area contributed by atoms with E-state index in [4.69, 9.17) is 4.74 Å². The van der Waals surface area contributed by atoms with Crippen molar-refractivity contribution in [2.24, 2.45) is 0 Å². The van der Waals surface area contributed by atoms with Crippen LogP contribution in [0, 0.1) is 0 Å². The van der Waals surface area contributed by atoms with Gasteiger partial charge in [-0.25, -0.2) is 0 Å². The summed E-state index contributed by atoms with van der Waals surface area (Å²) in [6, 6.07) is 6.58. The topological polar surface area (TPSA) is 33.3 Å². The second-order valence-electron chi connectivity index (χ2n) is 6.02. The van der Waals surface area contributed by atoms with Gasteiger partial charge in [-0.1, -0.05) is 30.9 Å². The fourth-order valence-electron chi connectivity index (χ4n) is 3.04. The number of ether oxygens (including phenoxy) is 1. The van der Waals surface area contributed by atoms with Crippen molar-refractivity contribution in [1.82, 2.24) is 10.6 Å². The van der Waals surface area contributed by atoms with Gasteiger partial charge in [-0.15, -0.1) is 12.6 Å². The van der Waals surface area contributed by atoms with Crippen LogP contribution in [0.25, 0.3) is 0 Å². The Kier molecular flexibility index (Phi) is 7.63. The first kappa shape index (κ1) is 18.8. The molecule has 0 amide bonds. The van der Waals surface area contributed by atoms with E-state index in [2.05, 4.69) is 42.0 Å². The second kappa shape index (κ2) is 9.72. The number of nitrogens with one attached hydrogen (secondary N) is 2. The Morgan fingerprint density at radius 2 is 2.29 bits per heavy atom. The Morgan fingerprint density at radius 1 is 1.46 bits per heavy atom. The maximum atomic E-state index is 5.45. The minimum atomic E-state index is 0.255. The molecule has 0 unspecified atom stereocenters. The number of hydrogen-bond donors (Lipinski definition) is 3. The first-order valence-corrected chi connectivity index (χ1v) is 8.91. The molecule has 1 fully saturated rings. The molecule has 1 aliphatic rings. The average Bonchev–Trinajstić information content (AvgIpc) is 2.60. The van der Waals surface area contributed by atoms with E-state index < -0.39 is 0 Å². The van der Waals surface area contributed by atoms with Gasteiger partial charge in [0.2, 0.25) is 0 Å². The van der Waals surface area contributed by atoms with Gasteiger partial charge in [-0.3, -0.25) is 0 Å². The lowest BCUT2D eigenvalue weighted by atomic mass is 9.92. The highest BCUT2D eigenvalue weighted by Crippen LogP contribution is 2.23. The Hall–Kier alpha value is -1.49. The summed E-state index contributed by atoms with van der Waals surface area (Å²) in [6.07, 6.45) is 10.5. The van der Waals surface area contributed by atoms with Crippen LogP contribution in [0.2, 0.25) is 0 Å². The van der Waals surface area contributed by atoms with Gasteiger partial charge in [0.15, 0.2) is 0 Å². The number of hydrogen-bond acceptors (Lipinski definition) is 4. The highest BCUT2D eigenvalue weighted by Gasteiger charge is 2.25. The summed E-state index contributed by atoms with van der Waals surface area (Å²) in [5.74, 6) is 0.896. The highest BCUT2D eigenvalue weighted by molar-refractivity contribution is 7.80. The van der Waals surface area contributed by atoms with Crippen LogP contribution in [0.15, 0.2) is 59.6 Å². The second-order valence-corrected chi connectivity index (χ2v) is 6.53. The van der Waals surface area contributed by atoms with Crippen LogP contribution < -0.4 is 15.4 Å². The number of thiol groups is 1. The predicted octanol–water partition coefficient (Wildman–Crippen LogP) is 3.88. The van der Waals surface area contributed by atoms with Crippen LogP contribution in [0.3, 0.4) is 0 Å². The van der Waals surface area contributed by atoms with Gasteiger partial charge >= 0.3 is 0 Å². The standard InChI is InChI=1S/C20H28N2OS/c1-4-5-6-8-15(2)20-18(9-7-12-21-20)22-14-16-13-17(24)10-11-19(16)23-3/h4-6,8,10-11,13,18,20-22,24H,2,7,9,12,14H2,1,3H3/b5-4-,8-6-/t18-,20-/m0/s1. The van der Waals surface area contributed by atoms with E-state index in [1.165, 1.54) is 6.42 Å². The van der Waals surface area contributed by atoms with Crippen molar-refractivity contribution < 1.29 is 4.74 Å². The number of rotatable bonds is 7. The molecular weight excluding hydrogens is 316 g/mol. The summed E-state index contributed by atoms with van der Waals surface area (Å²) in [7, 11) is 1.70. The zero-order valence-corrected chi connectivity index (χ0v) is 15.5. The molecule has 130 valence electrons. The van der Waals surface area contributed by atoms with Crippen LogP contribution in [0.5, 0.6) is 5.75 Å². The predicted molar refractivity (Wildman–Crippen MR) is 105 cm³/mol. The maximum Gasteiger partial charge on any atom is 0.123 e. The zero-order valence-electron chi connectivity index (χ0n) is 14.6. The fourth-order valence-corrected chi connectivity index (χ4v) is 3.27. The van der Waals surface area contributed by atoms with E-state index in [-0.39, 0.29) is 6.04 Å². The fraction of sp³-hybridized carbons (Fsp3) is 0.400. The Morgan fingerprint density at radius 3 is 3.04 bits per heavy atom. The lowest BCUT2D eigenvalue weighted by molar-refractivity contribution is 0.328. The molecule has 0 saturated carbocycles. The third kappa shape index (κ3) is 5.26. The number of methoxy groups -OCH3 is 1. The molecule has 0 aliphatic carbocycles. The summed E-state index contributed by atoms with van der Waals surface area (Å²) < 4.78 is 5.45. The Labute approximate surface area is 151 Å². The lowest BCUT2D eigenvalue weighted by Crippen LogP contribution is -2.52. The summed E-state index contributed by atoms with van der Waals surface area (Å²) in [4.78, 5) is 0.949. The minimum absolute atomic E-state index is 0.255. The van der Waals surface area contributed by atoms with E-state index in [0.717, 1.165) is 41.3 Å². The summed E-state index contributed by atoms with van der Waals surface area (Å²) in [6.45, 7) is 8.05. The molecule has 0 radical (unpaired) electrons. The van der Waals surface area contributed by atoms with Crippen LogP contribution in [0.1, 0.15) is 25.3 Å². The van der Waals surface area contributed by atoms with E-state index in [1.807, 2.05) is 37.3 Å². The monoisotopic (exact) mass is 344 g/mol. The SMILES string of the molecule is C=C(/C=C\C=C/C)[C@@H]1NCCC[C@@H]1NCc1cc(S)ccc1OC. The lowest BCUT2D eigenvalue weighted by Gasteiger charge is -2.34. The quantitative estimate of drug-likeness (QED) is 0.518. The minimum Gasteiger partial charge on any atom is -0.496 e. The van der Waals surface area contributed by atoms with Gasteiger partial charge in [0, 0.05) is 29.1 Å². The summed E-state index contributed by atoms with van der Waals surface area (Å²) >= 11 is 4.43. The summed E-state index contributed by atoms with van der Waals surface area (Å²) in [5, 5.41) is 7.26. The molecule has 24 heavy (non-hydrogen) atoms. The van der Waals surface area contributed by atoms with Crippen molar-refractivity contribution in [1.29, 1.82) is 0 Å². The smallest absolute Gasteiger partial charge is 0.123 e. The molecule has 0 bridgehead atoms. The van der Waals surface area contributed by atoms with Gasteiger partial charge in [-0.2, -0.15) is 0 Å². The molecule has 4 heteroatoms. The molecule has 2 rings (SSSR count). The van der Waals surface area contributed by atoms with Crippen molar-refractivity contribution in [2.75, 3.05) is 13.7 Å². The largest absolute Gasteiger partial charge is 0.496 e. The maximum absolute atomic E-state index is 5.45. The average molecular weight is 345 g/mol. The molecule has 3 nitrogen and oxygen atoms in total. The van der Waals surface area contributed by atoms with Crippen LogP contribution in [-0.2, 0) is 6.54 Å². The Balaban J connectivity index is 2.03. The third-order valence-corrected chi connectivity index (χ3v) is 4.57. The van der Waals surface area contributed by atoms with E-state index in [9.17, 15) is 0 Å². The van der Waals surface area contributed by atoms with Gasteiger partial charge in [-0.05, 0) is 50.1 Å². The molecule has 0 aromatic heterocycles. The number of piperidine rings is 1. The normalized spacial score (nSPS) is 21.5. The molecule has 1 heterocycles. The van der Waals surface area contributed by atoms with Crippen LogP contribution in [-0.4, -0.2) is 25.7 Å². The molecule has 1 aromatic rings. The van der Waals surface area contributed by atoms with Crippen LogP contribution >= 0.6 is 12.6 Å². The highest BCUT2D eigenvalue weighted by atomic mass is 32.1. The molecule has 1 aromatic carbocycles. The molecule has 0 spiro atoms. The van der Waals surface area contributed by atoms with Gasteiger partial charge < -0.3 is 15.4 Å². The van der Waals surface area contributed by atoms with Gasteiger partial charge in [0.05, 0.1) is 7.11 Å². The molecule has 1 saturated heterocycles. The van der Waals surface area contributed by atoms with E-state index in [0.29, 0.717) is 6.04 Å². The van der Waals surface area contributed by atoms with Crippen molar-refractivity contribution in [3.63, 3.8) is 0 Å². The molecular formula is C20H28N2OS. The number of benzene rings is 1. The van der Waals surface area contributed by atoms with E-state index in [1.54, 1.807) is 7.11 Å². The van der Waals surface area contributed by atoms with E-state index >= 15 is 0 Å². The van der Waals surface area contributed by atoms with Gasteiger partial charge in [0.25, 0.3) is 0 Å². The van der Waals surface area contributed by atoms with Gasteiger partial charge in [0.1, 0.15) is 5.75 Å². The number of allylic oxidation sites excluding steroid dienone is 3. The van der Waals surface area contributed by atoms with Crippen LogP contribution in [0.4, 0.5) is 0 Å².